The Morgan fingerprint density at radius 2 is 2.03 bits per heavy atom. The van der Waals surface area contributed by atoms with E-state index in [1.165, 1.54) is 0 Å². The molecule has 4 rings (SSSR count). The topological polar surface area (TPSA) is 80.0 Å². The number of hydrogen-bond acceptors (Lipinski definition) is 5. The van der Waals surface area contributed by atoms with Crippen LogP contribution in [0.1, 0.15) is 41.1 Å². The van der Waals surface area contributed by atoms with E-state index in [1.54, 1.807) is 23.1 Å². The van der Waals surface area contributed by atoms with Crippen molar-refractivity contribution in [3.8, 4) is 5.75 Å². The Morgan fingerprint density at radius 1 is 1.21 bits per heavy atom. The summed E-state index contributed by atoms with van der Waals surface area (Å²) in [5.41, 5.74) is 1.24. The lowest BCUT2D eigenvalue weighted by atomic mass is 9.98. The molecule has 7 heteroatoms. The number of fused-ring (bicyclic) bond motifs is 2. The molecule has 0 bridgehead atoms. The molecule has 1 aromatic heterocycles. The van der Waals surface area contributed by atoms with Gasteiger partial charge in [0.05, 0.1) is 23.6 Å². The number of amides is 1. The van der Waals surface area contributed by atoms with E-state index in [4.69, 9.17) is 9.15 Å². The van der Waals surface area contributed by atoms with E-state index < -0.39 is 6.04 Å². The summed E-state index contributed by atoms with van der Waals surface area (Å²) in [6.07, 6.45) is 0.403. The SMILES string of the molecule is CCOc1cccc(C2c3c(oc4ccc(Br)cc4c3=O)C(=O)N2CCCO)c1. The molecule has 0 spiro atoms. The van der Waals surface area contributed by atoms with Crippen LogP contribution < -0.4 is 10.2 Å². The first-order valence-corrected chi connectivity index (χ1v) is 10.2. The largest absolute Gasteiger partial charge is 0.494 e. The van der Waals surface area contributed by atoms with Crippen LogP contribution >= 0.6 is 15.9 Å². The van der Waals surface area contributed by atoms with Crippen molar-refractivity contribution in [1.82, 2.24) is 4.90 Å². The van der Waals surface area contributed by atoms with Crippen molar-refractivity contribution in [3.05, 3.63) is 74.0 Å². The number of carbonyl (C=O) groups is 1. The number of benzene rings is 2. The molecular weight excluding hydrogens is 438 g/mol. The summed E-state index contributed by atoms with van der Waals surface area (Å²) in [5.74, 6) is 0.387. The number of halogens is 1. The van der Waals surface area contributed by atoms with Gasteiger partial charge in [-0.1, -0.05) is 28.1 Å². The molecule has 1 aliphatic rings. The van der Waals surface area contributed by atoms with Crippen LogP contribution in [0.3, 0.4) is 0 Å². The Morgan fingerprint density at radius 3 is 2.79 bits per heavy atom. The first-order chi connectivity index (χ1) is 14.0. The fraction of sp³-hybridized carbons (Fsp3) is 0.273. The molecule has 1 aliphatic heterocycles. The van der Waals surface area contributed by atoms with Crippen molar-refractivity contribution in [2.24, 2.45) is 0 Å². The highest BCUT2D eigenvalue weighted by Gasteiger charge is 2.42. The minimum atomic E-state index is -0.593. The molecule has 150 valence electrons. The Hall–Kier alpha value is -2.64. The Labute approximate surface area is 175 Å². The van der Waals surface area contributed by atoms with Gasteiger partial charge in [-0.15, -0.1) is 0 Å². The number of carbonyl (C=O) groups excluding carboxylic acids is 1. The third-order valence-corrected chi connectivity index (χ3v) is 5.46. The predicted molar refractivity (Wildman–Crippen MR) is 112 cm³/mol. The van der Waals surface area contributed by atoms with Gasteiger partial charge in [0.2, 0.25) is 5.76 Å². The second-order valence-electron chi connectivity index (χ2n) is 6.80. The van der Waals surface area contributed by atoms with Crippen LogP contribution in [0.15, 0.2) is 56.1 Å². The standard InChI is InChI=1S/C22H20BrNO5/c1-2-28-15-6-3-5-13(11-15)19-18-20(26)16-12-14(23)7-8-17(16)29-21(18)22(27)24(19)9-4-10-25/h3,5-8,11-12,19,25H,2,4,9-10H2,1H3. The first kappa shape index (κ1) is 19.7. The fourth-order valence-corrected chi connectivity index (χ4v) is 4.11. The molecule has 3 aromatic rings. The maximum absolute atomic E-state index is 13.4. The summed E-state index contributed by atoms with van der Waals surface area (Å²) in [7, 11) is 0. The number of rotatable bonds is 6. The first-order valence-electron chi connectivity index (χ1n) is 9.46. The van der Waals surface area contributed by atoms with Crippen LogP contribution in [-0.4, -0.2) is 35.7 Å². The van der Waals surface area contributed by atoms with Gasteiger partial charge in [-0.05, 0) is 49.2 Å². The quantitative estimate of drug-likeness (QED) is 0.607. The molecule has 1 amide bonds. The Balaban J connectivity index is 1.94. The molecular formula is C22H20BrNO5. The normalized spacial score (nSPS) is 15.8. The van der Waals surface area contributed by atoms with Crippen molar-refractivity contribution in [2.45, 2.75) is 19.4 Å². The van der Waals surface area contributed by atoms with Crippen LogP contribution in [0.5, 0.6) is 5.75 Å². The van der Waals surface area contributed by atoms with E-state index in [-0.39, 0.29) is 23.7 Å². The van der Waals surface area contributed by atoms with Crippen LogP contribution in [0, 0.1) is 0 Å². The third kappa shape index (κ3) is 3.45. The molecule has 0 aliphatic carbocycles. The van der Waals surface area contributed by atoms with Gasteiger partial charge in [0.1, 0.15) is 11.3 Å². The molecule has 0 saturated carbocycles. The van der Waals surface area contributed by atoms with Crippen LogP contribution in [0.4, 0.5) is 0 Å². The average molecular weight is 458 g/mol. The van der Waals surface area contributed by atoms with Gasteiger partial charge < -0.3 is 19.2 Å². The van der Waals surface area contributed by atoms with E-state index in [0.29, 0.717) is 41.9 Å². The molecule has 0 fully saturated rings. The monoisotopic (exact) mass is 457 g/mol. The smallest absolute Gasteiger partial charge is 0.290 e. The van der Waals surface area contributed by atoms with Crippen LogP contribution in [0.2, 0.25) is 0 Å². The summed E-state index contributed by atoms with van der Waals surface area (Å²) in [4.78, 5) is 28.1. The molecule has 29 heavy (non-hydrogen) atoms. The summed E-state index contributed by atoms with van der Waals surface area (Å²) in [6, 6.07) is 11.9. The highest BCUT2D eigenvalue weighted by molar-refractivity contribution is 9.10. The lowest BCUT2D eigenvalue weighted by Crippen LogP contribution is -2.31. The van der Waals surface area contributed by atoms with Gasteiger partial charge in [-0.25, -0.2) is 0 Å². The van der Waals surface area contributed by atoms with E-state index >= 15 is 0 Å². The zero-order valence-electron chi connectivity index (χ0n) is 15.9. The lowest BCUT2D eigenvalue weighted by molar-refractivity contribution is 0.0716. The average Bonchev–Trinajstić information content (AvgIpc) is 3.00. The molecule has 1 atom stereocenters. The predicted octanol–water partition coefficient (Wildman–Crippen LogP) is 3.88. The Bertz CT molecular complexity index is 1140. The molecule has 2 heterocycles. The fourth-order valence-electron chi connectivity index (χ4n) is 3.75. The van der Waals surface area contributed by atoms with Gasteiger partial charge in [0.15, 0.2) is 5.43 Å². The van der Waals surface area contributed by atoms with Gasteiger partial charge in [0, 0.05) is 17.6 Å². The second-order valence-corrected chi connectivity index (χ2v) is 7.71. The van der Waals surface area contributed by atoms with E-state index in [2.05, 4.69) is 15.9 Å². The van der Waals surface area contributed by atoms with E-state index in [0.717, 1.165) is 10.0 Å². The number of nitrogens with zero attached hydrogens (tertiary/aromatic N) is 1. The second kappa shape index (κ2) is 8.00. The van der Waals surface area contributed by atoms with Crippen molar-refractivity contribution >= 4 is 32.8 Å². The van der Waals surface area contributed by atoms with E-state index in [9.17, 15) is 14.7 Å². The summed E-state index contributed by atoms with van der Waals surface area (Å²) < 4.78 is 12.2. The number of aliphatic hydroxyl groups is 1. The van der Waals surface area contributed by atoms with Crippen molar-refractivity contribution in [3.63, 3.8) is 0 Å². The third-order valence-electron chi connectivity index (χ3n) is 4.97. The number of hydrogen-bond donors (Lipinski definition) is 1. The number of ether oxygens (including phenoxy) is 1. The van der Waals surface area contributed by atoms with Gasteiger partial charge in [-0.3, -0.25) is 9.59 Å². The molecule has 1 N–H and O–H groups in total. The zero-order chi connectivity index (χ0) is 20.5. The van der Waals surface area contributed by atoms with Crippen molar-refractivity contribution in [2.75, 3.05) is 19.8 Å². The maximum atomic E-state index is 13.4. The summed E-state index contributed by atoms with van der Waals surface area (Å²) >= 11 is 3.39. The lowest BCUT2D eigenvalue weighted by Gasteiger charge is -2.25. The molecule has 0 saturated heterocycles. The minimum Gasteiger partial charge on any atom is -0.494 e. The van der Waals surface area contributed by atoms with Crippen LogP contribution in [0.25, 0.3) is 11.0 Å². The zero-order valence-corrected chi connectivity index (χ0v) is 17.4. The van der Waals surface area contributed by atoms with Crippen molar-refractivity contribution < 1.29 is 19.1 Å². The van der Waals surface area contributed by atoms with Gasteiger partial charge in [-0.2, -0.15) is 0 Å². The highest BCUT2D eigenvalue weighted by Crippen LogP contribution is 2.39. The molecule has 0 radical (unpaired) electrons. The number of aliphatic hydroxyl groups excluding tert-OH is 1. The molecule has 1 unspecified atom stereocenters. The van der Waals surface area contributed by atoms with E-state index in [1.807, 2.05) is 31.2 Å². The molecule has 2 aromatic carbocycles. The minimum absolute atomic E-state index is 0.0534. The van der Waals surface area contributed by atoms with Gasteiger partial charge >= 0.3 is 0 Å². The Kier molecular flexibility index (Phi) is 5.43. The van der Waals surface area contributed by atoms with Gasteiger partial charge in [0.25, 0.3) is 5.91 Å². The maximum Gasteiger partial charge on any atom is 0.290 e. The summed E-state index contributed by atoms with van der Waals surface area (Å²) in [5, 5.41) is 9.71. The molecule has 6 nitrogen and oxygen atoms in total. The van der Waals surface area contributed by atoms with Crippen molar-refractivity contribution in [1.29, 1.82) is 0 Å². The van der Waals surface area contributed by atoms with Crippen LogP contribution in [-0.2, 0) is 0 Å². The highest BCUT2D eigenvalue weighted by atomic mass is 79.9. The summed E-state index contributed by atoms with van der Waals surface area (Å²) in [6.45, 7) is 2.66.